The average Bonchev–Trinajstić information content (AvgIpc) is 2.73. The summed E-state index contributed by atoms with van der Waals surface area (Å²) in [4.78, 5) is 4.26. The molecule has 0 amide bonds. The molecule has 0 bridgehead atoms. The Labute approximate surface area is 184 Å². The number of halogens is 5. The maximum Gasteiger partial charge on any atom is 0.419 e. The van der Waals surface area contributed by atoms with Gasteiger partial charge in [0.25, 0.3) is 0 Å². The predicted molar refractivity (Wildman–Crippen MR) is 115 cm³/mol. The molecule has 0 aliphatic carbocycles. The van der Waals surface area contributed by atoms with E-state index >= 15 is 0 Å². The molecule has 3 nitrogen and oxygen atoms in total. The number of fused-ring (bicyclic) bond motifs is 1. The fourth-order valence-corrected chi connectivity index (χ4v) is 4.84. The molecule has 1 saturated heterocycles. The minimum absolute atomic E-state index is 0.0458. The molecular formula is C24H26F5N3. The first-order chi connectivity index (χ1) is 15.1. The average molecular weight is 451 g/mol. The van der Waals surface area contributed by atoms with Crippen LogP contribution in [0.3, 0.4) is 0 Å². The zero-order chi connectivity index (χ0) is 23.0. The summed E-state index contributed by atoms with van der Waals surface area (Å²) in [5.74, 6) is -1.63. The number of likely N-dealkylation sites (tertiary alicyclic amines) is 1. The van der Waals surface area contributed by atoms with Gasteiger partial charge in [-0.25, -0.2) is 8.78 Å². The molecule has 0 saturated carbocycles. The molecule has 0 aromatic heterocycles. The van der Waals surface area contributed by atoms with Crippen molar-refractivity contribution in [2.24, 2.45) is 0 Å². The number of anilines is 2. The van der Waals surface area contributed by atoms with Gasteiger partial charge in [-0.1, -0.05) is 12.6 Å². The molecule has 0 atom stereocenters. The Balaban J connectivity index is 1.40. The largest absolute Gasteiger partial charge is 0.419 e. The molecule has 0 spiro atoms. The number of nitrogens with two attached hydrogens (primary N) is 1. The Morgan fingerprint density at radius 2 is 1.78 bits per heavy atom. The summed E-state index contributed by atoms with van der Waals surface area (Å²) in [6.07, 6.45) is -1.69. The third-order valence-electron chi connectivity index (χ3n) is 6.42. The van der Waals surface area contributed by atoms with E-state index in [4.69, 9.17) is 5.73 Å². The van der Waals surface area contributed by atoms with Crippen molar-refractivity contribution in [1.82, 2.24) is 4.90 Å². The Hall–Kier alpha value is -2.61. The topological polar surface area (TPSA) is 32.5 Å². The molecule has 4 rings (SSSR count). The van der Waals surface area contributed by atoms with Crippen molar-refractivity contribution in [2.75, 3.05) is 36.8 Å². The van der Waals surface area contributed by atoms with Gasteiger partial charge in [0.05, 0.1) is 16.9 Å². The van der Waals surface area contributed by atoms with Gasteiger partial charge in [-0.3, -0.25) is 4.90 Å². The SMILES string of the molecule is C=C(CN1CCC(c2ccc(F)c(C(F)(F)F)c2)CC1)N1CCCc2cc(F)cc(N)c21. The summed E-state index contributed by atoms with van der Waals surface area (Å²) in [5, 5.41) is 0. The minimum atomic E-state index is -4.70. The molecule has 2 aromatic rings. The predicted octanol–water partition coefficient (Wildman–Crippen LogP) is 5.71. The maximum atomic E-state index is 13.7. The molecule has 2 heterocycles. The lowest BCUT2D eigenvalue weighted by Gasteiger charge is -2.38. The Morgan fingerprint density at radius 1 is 1.06 bits per heavy atom. The van der Waals surface area contributed by atoms with E-state index < -0.39 is 17.6 Å². The maximum absolute atomic E-state index is 13.7. The number of piperidine rings is 1. The van der Waals surface area contributed by atoms with Crippen LogP contribution in [0.5, 0.6) is 0 Å². The van der Waals surface area contributed by atoms with Crippen LogP contribution in [0.25, 0.3) is 0 Å². The van der Waals surface area contributed by atoms with E-state index in [1.807, 2.05) is 0 Å². The van der Waals surface area contributed by atoms with E-state index in [-0.39, 0.29) is 11.7 Å². The van der Waals surface area contributed by atoms with Crippen LogP contribution in [-0.2, 0) is 12.6 Å². The van der Waals surface area contributed by atoms with Gasteiger partial charge >= 0.3 is 6.18 Å². The lowest BCUT2D eigenvalue weighted by Crippen LogP contribution is -2.39. The van der Waals surface area contributed by atoms with E-state index in [0.717, 1.165) is 48.5 Å². The lowest BCUT2D eigenvalue weighted by atomic mass is 9.88. The summed E-state index contributed by atoms with van der Waals surface area (Å²) >= 11 is 0. The molecule has 1 fully saturated rings. The smallest absolute Gasteiger partial charge is 0.397 e. The number of nitrogens with zero attached hydrogens (tertiary/aromatic N) is 2. The van der Waals surface area contributed by atoms with Crippen LogP contribution in [-0.4, -0.2) is 31.1 Å². The van der Waals surface area contributed by atoms with Crippen molar-refractivity contribution in [3.8, 4) is 0 Å². The molecule has 0 unspecified atom stereocenters. The molecule has 2 aliphatic rings. The summed E-state index contributed by atoms with van der Waals surface area (Å²) in [7, 11) is 0. The third-order valence-corrected chi connectivity index (χ3v) is 6.42. The molecule has 2 aromatic carbocycles. The van der Waals surface area contributed by atoms with Crippen LogP contribution in [0, 0.1) is 11.6 Å². The molecular weight excluding hydrogens is 425 g/mol. The highest BCUT2D eigenvalue weighted by atomic mass is 19.4. The van der Waals surface area contributed by atoms with Gasteiger partial charge in [0.15, 0.2) is 0 Å². The fraction of sp³-hybridized carbons (Fsp3) is 0.417. The second-order valence-corrected chi connectivity index (χ2v) is 8.61. The van der Waals surface area contributed by atoms with Gasteiger partial charge in [0.1, 0.15) is 11.6 Å². The van der Waals surface area contributed by atoms with Crippen molar-refractivity contribution < 1.29 is 22.0 Å². The van der Waals surface area contributed by atoms with Gasteiger partial charge in [-0.15, -0.1) is 0 Å². The monoisotopic (exact) mass is 451 g/mol. The van der Waals surface area contributed by atoms with Crippen molar-refractivity contribution in [3.05, 3.63) is 70.9 Å². The number of alkyl halides is 3. The third kappa shape index (κ3) is 4.60. The zero-order valence-electron chi connectivity index (χ0n) is 17.7. The first-order valence-corrected chi connectivity index (χ1v) is 10.8. The van der Waals surface area contributed by atoms with Crippen molar-refractivity contribution in [1.29, 1.82) is 0 Å². The van der Waals surface area contributed by atoms with E-state index in [1.165, 1.54) is 18.2 Å². The molecule has 2 aliphatic heterocycles. The highest BCUT2D eigenvalue weighted by Gasteiger charge is 2.35. The Morgan fingerprint density at radius 3 is 2.47 bits per heavy atom. The van der Waals surface area contributed by atoms with Gasteiger partial charge in [-0.05, 0) is 80.1 Å². The van der Waals surface area contributed by atoms with Gasteiger partial charge in [-0.2, -0.15) is 13.2 Å². The van der Waals surface area contributed by atoms with E-state index in [2.05, 4.69) is 16.4 Å². The van der Waals surface area contributed by atoms with Crippen LogP contribution in [0.2, 0.25) is 0 Å². The van der Waals surface area contributed by atoms with Crippen LogP contribution < -0.4 is 10.6 Å². The molecule has 2 N–H and O–H groups in total. The molecule has 0 radical (unpaired) electrons. The van der Waals surface area contributed by atoms with Gasteiger partial charge in [0, 0.05) is 18.8 Å². The van der Waals surface area contributed by atoms with Crippen molar-refractivity contribution >= 4 is 11.4 Å². The Bertz CT molecular complexity index is 1010. The number of nitrogen functional groups attached to an aromatic ring is 1. The standard InChI is InChI=1S/C24H26F5N3/c1-15(32-8-2-3-18-11-19(25)13-22(30)23(18)32)14-31-9-6-16(7-10-31)17-4-5-21(26)20(12-17)24(27,28)29/h4-5,11-13,16H,1-3,6-10,14,30H2. The second-order valence-electron chi connectivity index (χ2n) is 8.61. The summed E-state index contributed by atoms with van der Waals surface area (Å²) in [5.41, 5.74) is 8.38. The summed E-state index contributed by atoms with van der Waals surface area (Å²) in [6, 6.07) is 6.16. The first-order valence-electron chi connectivity index (χ1n) is 10.8. The highest BCUT2D eigenvalue weighted by Crippen LogP contribution is 2.38. The lowest BCUT2D eigenvalue weighted by molar-refractivity contribution is -0.140. The fourth-order valence-electron chi connectivity index (χ4n) is 4.84. The zero-order valence-corrected chi connectivity index (χ0v) is 17.7. The number of hydrogen-bond donors (Lipinski definition) is 1. The Kier molecular flexibility index (Phi) is 6.16. The molecule has 8 heteroatoms. The normalized spacial score (nSPS) is 18.0. The van der Waals surface area contributed by atoms with Crippen LogP contribution in [0.1, 0.15) is 41.9 Å². The van der Waals surface area contributed by atoms with Gasteiger partial charge < -0.3 is 10.6 Å². The van der Waals surface area contributed by atoms with Crippen molar-refractivity contribution in [3.63, 3.8) is 0 Å². The van der Waals surface area contributed by atoms with Crippen LogP contribution in [0.4, 0.5) is 33.3 Å². The number of aryl methyl sites for hydroxylation is 1. The quantitative estimate of drug-likeness (QED) is 0.477. The van der Waals surface area contributed by atoms with Gasteiger partial charge in [0.2, 0.25) is 0 Å². The highest BCUT2D eigenvalue weighted by molar-refractivity contribution is 5.75. The number of rotatable bonds is 4. The summed E-state index contributed by atoms with van der Waals surface area (Å²) < 4.78 is 66.5. The second kappa shape index (κ2) is 8.73. The molecule has 172 valence electrons. The first kappa shape index (κ1) is 22.6. The van der Waals surface area contributed by atoms with E-state index in [1.54, 1.807) is 0 Å². The summed E-state index contributed by atoms with van der Waals surface area (Å²) in [6.45, 7) is 6.98. The van der Waals surface area contributed by atoms with Crippen molar-refractivity contribution in [2.45, 2.75) is 37.8 Å². The van der Waals surface area contributed by atoms with E-state index in [0.29, 0.717) is 43.7 Å². The van der Waals surface area contributed by atoms with Crippen LogP contribution in [0.15, 0.2) is 42.6 Å². The number of hydrogen-bond acceptors (Lipinski definition) is 3. The number of benzene rings is 2. The van der Waals surface area contributed by atoms with E-state index in [9.17, 15) is 22.0 Å². The minimum Gasteiger partial charge on any atom is -0.397 e. The molecule has 32 heavy (non-hydrogen) atoms. The van der Waals surface area contributed by atoms with Crippen LogP contribution >= 0.6 is 0 Å².